The van der Waals surface area contributed by atoms with E-state index < -0.39 is 11.4 Å². The summed E-state index contributed by atoms with van der Waals surface area (Å²) >= 11 is 11.7. The largest absolute Gasteiger partial charge is 0.481 e. The van der Waals surface area contributed by atoms with Crippen LogP contribution < -0.4 is 0 Å². The predicted octanol–water partition coefficient (Wildman–Crippen LogP) is 2.89. The summed E-state index contributed by atoms with van der Waals surface area (Å²) < 4.78 is 0. The van der Waals surface area contributed by atoms with Crippen LogP contribution in [0.5, 0.6) is 0 Å². The lowest BCUT2D eigenvalue weighted by Crippen LogP contribution is -2.43. The number of rotatable bonds is 2. The maximum absolute atomic E-state index is 11.2. The van der Waals surface area contributed by atoms with E-state index in [1.165, 1.54) is 12.3 Å². The third-order valence-corrected chi connectivity index (χ3v) is 3.37. The molecule has 80 valence electrons. The molecule has 0 saturated heterocycles. The van der Waals surface area contributed by atoms with E-state index in [-0.39, 0.29) is 0 Å². The van der Waals surface area contributed by atoms with Gasteiger partial charge in [0.25, 0.3) is 0 Å². The first-order chi connectivity index (χ1) is 7.06. The lowest BCUT2D eigenvalue weighted by Gasteiger charge is -2.37. The van der Waals surface area contributed by atoms with Gasteiger partial charge in [-0.25, -0.2) is 0 Å². The van der Waals surface area contributed by atoms with Crippen molar-refractivity contribution in [2.24, 2.45) is 0 Å². The van der Waals surface area contributed by atoms with Crippen molar-refractivity contribution < 1.29 is 9.90 Å². The van der Waals surface area contributed by atoms with Crippen LogP contribution in [-0.2, 0) is 10.2 Å². The number of halogens is 2. The standard InChI is InChI=1S/C10H9Cl2NO2/c11-6-4-7(12)8(13-5-6)10(9(14)15)2-1-3-10/h4-5H,1-3H2,(H,14,15). The van der Waals surface area contributed by atoms with E-state index in [9.17, 15) is 9.90 Å². The molecule has 0 amide bonds. The maximum atomic E-state index is 11.2. The van der Waals surface area contributed by atoms with E-state index in [2.05, 4.69) is 4.98 Å². The van der Waals surface area contributed by atoms with Gasteiger partial charge in [-0.1, -0.05) is 29.6 Å². The molecule has 5 heteroatoms. The second kappa shape index (κ2) is 3.65. The predicted molar refractivity (Wildman–Crippen MR) is 57.4 cm³/mol. The summed E-state index contributed by atoms with van der Waals surface area (Å²) in [6.07, 6.45) is 3.52. The normalized spacial score (nSPS) is 18.3. The van der Waals surface area contributed by atoms with E-state index >= 15 is 0 Å². The smallest absolute Gasteiger partial charge is 0.315 e. The summed E-state index contributed by atoms with van der Waals surface area (Å²) in [6.45, 7) is 0. The average Bonchev–Trinajstić information content (AvgIpc) is 2.05. The second-order valence-corrected chi connectivity index (χ2v) is 4.57. The van der Waals surface area contributed by atoms with Crippen LogP contribution in [0.3, 0.4) is 0 Å². The minimum Gasteiger partial charge on any atom is -0.481 e. The van der Waals surface area contributed by atoms with Gasteiger partial charge in [0.05, 0.1) is 15.7 Å². The summed E-state index contributed by atoms with van der Waals surface area (Å²) in [7, 11) is 0. The van der Waals surface area contributed by atoms with E-state index in [0.29, 0.717) is 28.6 Å². The molecule has 0 bridgehead atoms. The van der Waals surface area contributed by atoms with Gasteiger partial charge < -0.3 is 5.11 Å². The Kier molecular flexibility index (Phi) is 2.61. The van der Waals surface area contributed by atoms with Gasteiger partial charge in [-0.15, -0.1) is 0 Å². The fraction of sp³-hybridized carbons (Fsp3) is 0.400. The van der Waals surface area contributed by atoms with Crippen molar-refractivity contribution in [1.29, 1.82) is 0 Å². The van der Waals surface area contributed by atoms with Crippen LogP contribution in [0.2, 0.25) is 10.0 Å². The van der Waals surface area contributed by atoms with Crippen LogP contribution in [-0.4, -0.2) is 16.1 Å². The molecule has 0 unspecified atom stereocenters. The zero-order valence-electron chi connectivity index (χ0n) is 7.83. The van der Waals surface area contributed by atoms with Crippen LogP contribution in [0.15, 0.2) is 12.3 Å². The third-order valence-electron chi connectivity index (χ3n) is 2.88. The Morgan fingerprint density at radius 2 is 2.13 bits per heavy atom. The second-order valence-electron chi connectivity index (χ2n) is 3.72. The number of carbonyl (C=O) groups is 1. The molecular weight excluding hydrogens is 237 g/mol. The Hall–Kier alpha value is -0.800. The van der Waals surface area contributed by atoms with Crippen molar-refractivity contribution in [2.75, 3.05) is 0 Å². The molecule has 0 aliphatic heterocycles. The molecule has 1 N–H and O–H groups in total. The van der Waals surface area contributed by atoms with Crippen molar-refractivity contribution in [3.8, 4) is 0 Å². The first-order valence-electron chi connectivity index (χ1n) is 4.61. The number of nitrogens with zero attached hydrogens (tertiary/aromatic N) is 1. The molecule has 3 nitrogen and oxygen atoms in total. The maximum Gasteiger partial charge on any atom is 0.315 e. The van der Waals surface area contributed by atoms with Gasteiger partial charge in [-0.2, -0.15) is 0 Å². The molecule has 1 saturated carbocycles. The Bertz CT molecular complexity index is 416. The Morgan fingerprint density at radius 1 is 1.47 bits per heavy atom. The van der Waals surface area contributed by atoms with Crippen LogP contribution in [0.25, 0.3) is 0 Å². The molecule has 0 aromatic carbocycles. The van der Waals surface area contributed by atoms with Crippen molar-refractivity contribution in [3.05, 3.63) is 28.0 Å². The lowest BCUT2D eigenvalue weighted by molar-refractivity contribution is -0.147. The topological polar surface area (TPSA) is 50.2 Å². The molecule has 1 heterocycles. The fourth-order valence-corrected chi connectivity index (χ4v) is 2.41. The molecular formula is C10H9Cl2NO2. The quantitative estimate of drug-likeness (QED) is 0.872. The molecule has 1 aromatic heterocycles. The van der Waals surface area contributed by atoms with Crippen molar-refractivity contribution >= 4 is 29.2 Å². The molecule has 1 aromatic rings. The molecule has 1 aliphatic carbocycles. The molecule has 2 rings (SSSR count). The Balaban J connectivity index is 2.48. The van der Waals surface area contributed by atoms with Crippen molar-refractivity contribution in [3.63, 3.8) is 0 Å². The van der Waals surface area contributed by atoms with E-state index in [4.69, 9.17) is 23.2 Å². The zero-order chi connectivity index (χ0) is 11.1. The summed E-state index contributed by atoms with van der Waals surface area (Å²) in [5.74, 6) is -0.856. The number of hydrogen-bond acceptors (Lipinski definition) is 2. The summed E-state index contributed by atoms with van der Waals surface area (Å²) in [4.78, 5) is 15.3. The van der Waals surface area contributed by atoms with Crippen molar-refractivity contribution in [2.45, 2.75) is 24.7 Å². The van der Waals surface area contributed by atoms with Crippen LogP contribution in [0, 0.1) is 0 Å². The van der Waals surface area contributed by atoms with Gasteiger partial charge in [-0.3, -0.25) is 9.78 Å². The number of carboxylic acid groups (broad SMARTS) is 1. The van der Waals surface area contributed by atoms with Crippen molar-refractivity contribution in [1.82, 2.24) is 4.98 Å². The summed E-state index contributed by atoms with van der Waals surface area (Å²) in [5, 5.41) is 9.96. The summed E-state index contributed by atoms with van der Waals surface area (Å²) in [5.41, 5.74) is -0.450. The number of aromatic nitrogens is 1. The molecule has 1 fully saturated rings. The van der Waals surface area contributed by atoms with Gasteiger partial charge in [0.15, 0.2) is 0 Å². The third kappa shape index (κ3) is 1.60. The van der Waals surface area contributed by atoms with Gasteiger partial charge in [-0.05, 0) is 18.9 Å². The van der Waals surface area contributed by atoms with Gasteiger partial charge >= 0.3 is 5.97 Å². The minimum absolute atomic E-state index is 0.338. The molecule has 0 radical (unpaired) electrons. The minimum atomic E-state index is -0.887. The first-order valence-corrected chi connectivity index (χ1v) is 5.37. The number of hydrogen-bond donors (Lipinski definition) is 1. The van der Waals surface area contributed by atoms with Crippen LogP contribution >= 0.6 is 23.2 Å². The van der Waals surface area contributed by atoms with Crippen LogP contribution in [0.4, 0.5) is 0 Å². The number of aliphatic carboxylic acids is 1. The highest BCUT2D eigenvalue weighted by Gasteiger charge is 2.48. The monoisotopic (exact) mass is 245 g/mol. The Morgan fingerprint density at radius 3 is 2.53 bits per heavy atom. The van der Waals surface area contributed by atoms with Gasteiger partial charge in [0.2, 0.25) is 0 Å². The van der Waals surface area contributed by atoms with Crippen LogP contribution in [0.1, 0.15) is 25.0 Å². The van der Waals surface area contributed by atoms with Gasteiger partial charge in [0.1, 0.15) is 5.41 Å². The highest BCUT2D eigenvalue weighted by molar-refractivity contribution is 6.35. The SMILES string of the molecule is O=C(O)C1(c2ncc(Cl)cc2Cl)CCC1. The molecule has 0 spiro atoms. The molecule has 15 heavy (non-hydrogen) atoms. The van der Waals surface area contributed by atoms with E-state index in [0.717, 1.165) is 6.42 Å². The average molecular weight is 246 g/mol. The molecule has 0 atom stereocenters. The first kappa shape index (κ1) is 10.7. The molecule has 1 aliphatic rings. The van der Waals surface area contributed by atoms with Gasteiger partial charge in [0, 0.05) is 6.20 Å². The summed E-state index contributed by atoms with van der Waals surface area (Å²) in [6, 6.07) is 1.54. The highest BCUT2D eigenvalue weighted by atomic mass is 35.5. The van der Waals surface area contributed by atoms with E-state index in [1.807, 2.05) is 0 Å². The number of carboxylic acids is 1. The fourth-order valence-electron chi connectivity index (χ4n) is 1.85. The zero-order valence-corrected chi connectivity index (χ0v) is 9.35. The number of pyridine rings is 1. The van der Waals surface area contributed by atoms with E-state index in [1.54, 1.807) is 0 Å². The Labute approximate surface area is 97.0 Å². The highest BCUT2D eigenvalue weighted by Crippen LogP contribution is 2.45. The lowest BCUT2D eigenvalue weighted by atomic mass is 9.66.